The van der Waals surface area contributed by atoms with Crippen LogP contribution in [-0.4, -0.2) is 40.5 Å². The van der Waals surface area contributed by atoms with Gasteiger partial charge in [-0.15, -0.1) is 0 Å². The smallest absolute Gasteiger partial charge is 0.255 e. The Morgan fingerprint density at radius 1 is 1.25 bits per heavy atom. The van der Waals surface area contributed by atoms with E-state index in [-0.39, 0.29) is 11.9 Å². The highest BCUT2D eigenvalue weighted by atomic mass is 16.5. The Hall–Kier alpha value is -2.43. The molecule has 5 nitrogen and oxygen atoms in total. The molecule has 1 atom stereocenters. The van der Waals surface area contributed by atoms with Crippen molar-refractivity contribution in [1.82, 2.24) is 14.9 Å². The molecular weight excluding hydrogens is 302 g/mol. The molecule has 126 valence electrons. The summed E-state index contributed by atoms with van der Waals surface area (Å²) < 4.78 is 5.06. The van der Waals surface area contributed by atoms with E-state index in [4.69, 9.17) is 4.74 Å². The van der Waals surface area contributed by atoms with Crippen molar-refractivity contribution >= 4 is 5.91 Å². The predicted molar refractivity (Wildman–Crippen MR) is 92.0 cm³/mol. The van der Waals surface area contributed by atoms with Gasteiger partial charge in [-0.2, -0.15) is 0 Å². The summed E-state index contributed by atoms with van der Waals surface area (Å²) in [6.07, 6.45) is 8.57. The van der Waals surface area contributed by atoms with Crippen molar-refractivity contribution < 1.29 is 9.53 Å². The van der Waals surface area contributed by atoms with Gasteiger partial charge in [0.1, 0.15) is 0 Å². The number of amides is 1. The highest BCUT2D eigenvalue weighted by Gasteiger charge is 2.27. The van der Waals surface area contributed by atoms with E-state index in [1.54, 1.807) is 25.4 Å². The normalized spacial score (nSPS) is 17.5. The molecule has 0 bridgehead atoms. The van der Waals surface area contributed by atoms with Gasteiger partial charge in [-0.3, -0.25) is 9.78 Å². The number of methoxy groups -OCH3 is 1. The second-order valence-corrected chi connectivity index (χ2v) is 6.10. The fourth-order valence-corrected chi connectivity index (χ4v) is 3.22. The van der Waals surface area contributed by atoms with Crippen LogP contribution in [0.15, 0.2) is 42.7 Å². The van der Waals surface area contributed by atoms with Crippen LogP contribution in [0.1, 0.15) is 41.7 Å². The zero-order valence-corrected chi connectivity index (χ0v) is 14.0. The predicted octanol–water partition coefficient (Wildman–Crippen LogP) is 3.11. The van der Waals surface area contributed by atoms with E-state index in [1.165, 1.54) is 6.42 Å². The van der Waals surface area contributed by atoms with Crippen LogP contribution < -0.4 is 4.74 Å². The van der Waals surface area contributed by atoms with Crippen LogP contribution in [0.3, 0.4) is 0 Å². The van der Waals surface area contributed by atoms with E-state index >= 15 is 0 Å². The van der Waals surface area contributed by atoms with Crippen molar-refractivity contribution in [3.8, 4) is 5.88 Å². The molecule has 5 heteroatoms. The SMILES string of the molecule is COc1ccc(C(=O)N2CCCCC2CCc2ccccn2)cn1. The summed E-state index contributed by atoms with van der Waals surface area (Å²) in [5.74, 6) is 0.591. The molecule has 0 aliphatic carbocycles. The maximum Gasteiger partial charge on any atom is 0.255 e. The van der Waals surface area contributed by atoms with Crippen LogP contribution in [0.25, 0.3) is 0 Å². The van der Waals surface area contributed by atoms with Gasteiger partial charge in [0.25, 0.3) is 5.91 Å². The van der Waals surface area contributed by atoms with Crippen molar-refractivity contribution in [2.24, 2.45) is 0 Å². The first kappa shape index (κ1) is 16.4. The molecule has 1 aliphatic heterocycles. The number of piperidine rings is 1. The molecule has 2 aromatic rings. The number of hydrogen-bond donors (Lipinski definition) is 0. The highest BCUT2D eigenvalue weighted by molar-refractivity contribution is 5.94. The minimum Gasteiger partial charge on any atom is -0.481 e. The van der Waals surface area contributed by atoms with Gasteiger partial charge < -0.3 is 9.64 Å². The Balaban J connectivity index is 1.67. The van der Waals surface area contributed by atoms with E-state index in [2.05, 4.69) is 9.97 Å². The molecule has 1 fully saturated rings. The molecule has 1 aliphatic rings. The van der Waals surface area contributed by atoms with Gasteiger partial charge in [0.15, 0.2) is 0 Å². The number of carbonyl (C=O) groups is 1. The number of pyridine rings is 2. The lowest BCUT2D eigenvalue weighted by molar-refractivity contribution is 0.0601. The molecule has 3 heterocycles. The molecule has 0 spiro atoms. The molecule has 24 heavy (non-hydrogen) atoms. The molecule has 1 saturated heterocycles. The summed E-state index contributed by atoms with van der Waals surface area (Å²) in [6.45, 7) is 0.817. The van der Waals surface area contributed by atoms with Crippen molar-refractivity contribution in [2.75, 3.05) is 13.7 Å². The van der Waals surface area contributed by atoms with E-state index in [9.17, 15) is 4.79 Å². The number of hydrogen-bond acceptors (Lipinski definition) is 4. The second kappa shape index (κ2) is 7.90. The van der Waals surface area contributed by atoms with Gasteiger partial charge in [0.2, 0.25) is 5.88 Å². The van der Waals surface area contributed by atoms with E-state index in [0.717, 1.165) is 37.9 Å². The Kier molecular flexibility index (Phi) is 5.41. The van der Waals surface area contributed by atoms with Crippen molar-refractivity contribution in [3.05, 3.63) is 54.0 Å². The number of ether oxygens (including phenoxy) is 1. The average Bonchev–Trinajstić information content (AvgIpc) is 2.67. The van der Waals surface area contributed by atoms with E-state index in [0.29, 0.717) is 11.4 Å². The number of likely N-dealkylation sites (tertiary alicyclic amines) is 1. The average molecular weight is 325 g/mol. The molecule has 1 unspecified atom stereocenters. The number of carbonyl (C=O) groups excluding carboxylic acids is 1. The maximum atomic E-state index is 12.9. The Morgan fingerprint density at radius 2 is 2.17 bits per heavy atom. The van der Waals surface area contributed by atoms with Crippen LogP contribution in [0.4, 0.5) is 0 Å². The summed E-state index contributed by atoms with van der Waals surface area (Å²) in [4.78, 5) is 23.4. The van der Waals surface area contributed by atoms with E-state index < -0.39 is 0 Å². The fraction of sp³-hybridized carbons (Fsp3) is 0.421. The van der Waals surface area contributed by atoms with Crippen molar-refractivity contribution in [3.63, 3.8) is 0 Å². The number of aryl methyl sites for hydroxylation is 1. The van der Waals surface area contributed by atoms with Crippen molar-refractivity contribution in [2.45, 2.75) is 38.1 Å². The van der Waals surface area contributed by atoms with Crippen LogP contribution in [0.2, 0.25) is 0 Å². The molecule has 3 rings (SSSR count). The lowest BCUT2D eigenvalue weighted by atomic mass is 9.96. The fourth-order valence-electron chi connectivity index (χ4n) is 3.22. The summed E-state index contributed by atoms with van der Waals surface area (Å²) in [5, 5.41) is 0. The molecule has 2 aromatic heterocycles. The largest absolute Gasteiger partial charge is 0.481 e. The summed E-state index contributed by atoms with van der Waals surface area (Å²) in [5.41, 5.74) is 1.71. The topological polar surface area (TPSA) is 55.3 Å². The number of rotatable bonds is 5. The molecule has 1 amide bonds. The lowest BCUT2D eigenvalue weighted by Crippen LogP contribution is -2.44. The molecule has 0 radical (unpaired) electrons. The summed E-state index contributed by atoms with van der Waals surface area (Å²) in [7, 11) is 1.57. The Labute approximate surface area is 142 Å². The van der Waals surface area contributed by atoms with Gasteiger partial charge in [-0.1, -0.05) is 6.07 Å². The summed E-state index contributed by atoms with van der Waals surface area (Å²) >= 11 is 0. The number of nitrogens with zero attached hydrogens (tertiary/aromatic N) is 3. The Morgan fingerprint density at radius 3 is 2.88 bits per heavy atom. The molecular formula is C19H23N3O2. The maximum absolute atomic E-state index is 12.9. The molecule has 0 N–H and O–H groups in total. The van der Waals surface area contributed by atoms with Gasteiger partial charge in [-0.25, -0.2) is 4.98 Å². The summed E-state index contributed by atoms with van der Waals surface area (Å²) in [6, 6.07) is 9.78. The van der Waals surface area contributed by atoms with E-state index in [1.807, 2.05) is 29.3 Å². The van der Waals surface area contributed by atoms with Gasteiger partial charge >= 0.3 is 0 Å². The minimum absolute atomic E-state index is 0.0656. The zero-order valence-electron chi connectivity index (χ0n) is 14.0. The molecule has 0 saturated carbocycles. The number of aromatic nitrogens is 2. The molecule has 0 aromatic carbocycles. The van der Waals surface area contributed by atoms with Crippen LogP contribution in [0, 0.1) is 0 Å². The monoisotopic (exact) mass is 325 g/mol. The highest BCUT2D eigenvalue weighted by Crippen LogP contribution is 2.23. The van der Waals surface area contributed by atoms with Gasteiger partial charge in [-0.05, 0) is 50.3 Å². The standard InChI is InChI=1S/C19H23N3O2/c1-24-18-11-8-15(14-21-18)19(23)22-13-5-3-7-17(22)10-9-16-6-2-4-12-20-16/h2,4,6,8,11-12,14,17H,3,5,7,9-10,13H2,1H3. The van der Waals surface area contributed by atoms with Crippen LogP contribution in [-0.2, 0) is 6.42 Å². The lowest BCUT2D eigenvalue weighted by Gasteiger charge is -2.36. The zero-order chi connectivity index (χ0) is 16.8. The van der Waals surface area contributed by atoms with Gasteiger partial charge in [0.05, 0.1) is 12.7 Å². The Bertz CT molecular complexity index is 658. The quantitative estimate of drug-likeness (QED) is 0.847. The third-order valence-electron chi connectivity index (χ3n) is 4.54. The van der Waals surface area contributed by atoms with Crippen molar-refractivity contribution in [1.29, 1.82) is 0 Å². The third kappa shape index (κ3) is 3.91. The van der Waals surface area contributed by atoms with Gasteiger partial charge in [0, 0.05) is 36.7 Å². The third-order valence-corrected chi connectivity index (χ3v) is 4.54. The van der Waals surface area contributed by atoms with Crippen LogP contribution in [0.5, 0.6) is 5.88 Å². The second-order valence-electron chi connectivity index (χ2n) is 6.10. The first-order chi connectivity index (χ1) is 11.8. The first-order valence-electron chi connectivity index (χ1n) is 8.49. The minimum atomic E-state index is 0.0656. The van der Waals surface area contributed by atoms with Crippen LogP contribution >= 0.6 is 0 Å². The first-order valence-corrected chi connectivity index (χ1v) is 8.49.